The first-order valence-electron chi connectivity index (χ1n) is 23.0. The van der Waals surface area contributed by atoms with Crippen molar-refractivity contribution in [3.63, 3.8) is 0 Å². The third-order valence-corrected chi connectivity index (χ3v) is 10.9. The monoisotopic (exact) mass is 722 g/mol. The van der Waals surface area contributed by atoms with E-state index >= 15 is 0 Å². The molecule has 0 aromatic carbocycles. The summed E-state index contributed by atoms with van der Waals surface area (Å²) < 4.78 is 0. The molecular weight excluding hydrogens is 631 g/mol. The average molecular weight is 722 g/mol. The van der Waals surface area contributed by atoms with Gasteiger partial charge in [-0.2, -0.15) is 0 Å². The number of aliphatic hydroxyl groups excluding tert-OH is 3. The molecule has 0 aliphatic heterocycles. The maximum Gasteiger partial charge on any atom is 0.220 e. The molecule has 51 heavy (non-hydrogen) atoms. The first-order valence-corrected chi connectivity index (χ1v) is 23.0. The van der Waals surface area contributed by atoms with Crippen molar-refractivity contribution in [2.45, 2.75) is 270 Å². The van der Waals surface area contributed by atoms with Gasteiger partial charge in [-0.1, -0.05) is 219 Å². The molecule has 0 radical (unpaired) electrons. The normalized spacial score (nSPS) is 13.6. The fourth-order valence-corrected chi connectivity index (χ4v) is 7.28. The number of allylic oxidation sites excluding steroid dienone is 2. The lowest BCUT2D eigenvalue weighted by molar-refractivity contribution is -0.124. The van der Waals surface area contributed by atoms with Crippen LogP contribution in [0, 0.1) is 0 Å². The molecular formula is C46H91NO4. The van der Waals surface area contributed by atoms with Gasteiger partial charge < -0.3 is 20.6 Å². The highest BCUT2D eigenvalue weighted by Gasteiger charge is 2.26. The molecule has 5 nitrogen and oxygen atoms in total. The van der Waals surface area contributed by atoms with Crippen LogP contribution in [0.4, 0.5) is 0 Å². The Labute approximate surface area is 319 Å². The van der Waals surface area contributed by atoms with Crippen molar-refractivity contribution in [2.75, 3.05) is 6.61 Å². The molecule has 0 aromatic rings. The minimum absolute atomic E-state index is 0.150. The zero-order valence-electron chi connectivity index (χ0n) is 34.5. The molecule has 0 bridgehead atoms. The van der Waals surface area contributed by atoms with Gasteiger partial charge in [-0.15, -0.1) is 0 Å². The Bertz CT molecular complexity index is 713. The van der Waals surface area contributed by atoms with Crippen molar-refractivity contribution in [1.29, 1.82) is 0 Å². The van der Waals surface area contributed by atoms with E-state index in [-0.39, 0.29) is 12.5 Å². The summed E-state index contributed by atoms with van der Waals surface area (Å²) in [6, 6.07) is -0.820. The highest BCUT2D eigenvalue weighted by molar-refractivity contribution is 5.76. The Hall–Kier alpha value is -0.910. The number of carbonyl (C=O) groups is 1. The van der Waals surface area contributed by atoms with E-state index in [1.54, 1.807) is 0 Å². The van der Waals surface area contributed by atoms with E-state index < -0.39 is 18.2 Å². The van der Waals surface area contributed by atoms with E-state index in [1.807, 2.05) is 0 Å². The predicted octanol–water partition coefficient (Wildman–Crippen LogP) is 13.2. The smallest absolute Gasteiger partial charge is 0.220 e. The minimum Gasteiger partial charge on any atom is -0.394 e. The van der Waals surface area contributed by atoms with Crippen LogP contribution >= 0.6 is 0 Å². The third kappa shape index (κ3) is 37.2. The second-order valence-electron chi connectivity index (χ2n) is 16.0. The number of carbonyl (C=O) groups excluding carboxylic acids is 1. The molecule has 0 heterocycles. The fourth-order valence-electron chi connectivity index (χ4n) is 7.28. The number of hydrogen-bond donors (Lipinski definition) is 4. The van der Waals surface area contributed by atoms with E-state index in [0.717, 1.165) is 38.5 Å². The lowest BCUT2D eigenvalue weighted by Crippen LogP contribution is -2.50. The van der Waals surface area contributed by atoms with Crippen LogP contribution < -0.4 is 5.32 Å². The zero-order valence-corrected chi connectivity index (χ0v) is 34.5. The van der Waals surface area contributed by atoms with E-state index in [1.165, 1.54) is 186 Å². The van der Waals surface area contributed by atoms with Crippen LogP contribution in [-0.4, -0.2) is 46.1 Å². The lowest BCUT2D eigenvalue weighted by Gasteiger charge is -2.26. The van der Waals surface area contributed by atoms with Gasteiger partial charge in [-0.3, -0.25) is 4.79 Å². The highest BCUT2D eigenvalue weighted by Crippen LogP contribution is 2.16. The maximum atomic E-state index is 12.4. The van der Waals surface area contributed by atoms with Gasteiger partial charge in [-0.25, -0.2) is 0 Å². The Balaban J connectivity index is 3.59. The van der Waals surface area contributed by atoms with Gasteiger partial charge in [0.05, 0.1) is 18.8 Å². The Morgan fingerprint density at radius 2 is 0.784 bits per heavy atom. The SMILES string of the molecule is CCCCCCCCCCCC/C=C/CCCC(O)C(O)C(CO)NC(=O)CCCCCCCCCCCCCCCCCCCCCCCC. The van der Waals surface area contributed by atoms with Crippen molar-refractivity contribution in [3.05, 3.63) is 12.2 Å². The quantitative estimate of drug-likeness (QED) is 0.0373. The lowest BCUT2D eigenvalue weighted by atomic mass is 10.0. The van der Waals surface area contributed by atoms with E-state index in [4.69, 9.17) is 0 Å². The second-order valence-corrected chi connectivity index (χ2v) is 16.0. The number of nitrogens with one attached hydrogen (secondary N) is 1. The van der Waals surface area contributed by atoms with E-state index in [2.05, 4.69) is 31.3 Å². The Morgan fingerprint density at radius 3 is 1.14 bits per heavy atom. The van der Waals surface area contributed by atoms with Gasteiger partial charge in [0.25, 0.3) is 0 Å². The van der Waals surface area contributed by atoms with Crippen molar-refractivity contribution < 1.29 is 20.1 Å². The summed E-state index contributed by atoms with van der Waals surface area (Å²) >= 11 is 0. The topological polar surface area (TPSA) is 89.8 Å². The van der Waals surface area contributed by atoms with Crippen molar-refractivity contribution >= 4 is 5.91 Å². The summed E-state index contributed by atoms with van der Waals surface area (Å²) in [5.41, 5.74) is 0. The highest BCUT2D eigenvalue weighted by atomic mass is 16.3. The van der Waals surface area contributed by atoms with Crippen LogP contribution in [0.2, 0.25) is 0 Å². The van der Waals surface area contributed by atoms with Crippen LogP contribution in [0.3, 0.4) is 0 Å². The van der Waals surface area contributed by atoms with Crippen LogP contribution in [-0.2, 0) is 4.79 Å². The number of unbranched alkanes of at least 4 members (excludes halogenated alkanes) is 32. The third-order valence-electron chi connectivity index (χ3n) is 10.9. The van der Waals surface area contributed by atoms with E-state index in [0.29, 0.717) is 12.8 Å². The summed E-state index contributed by atoms with van der Waals surface area (Å²) in [7, 11) is 0. The molecule has 5 heteroatoms. The molecule has 1 amide bonds. The van der Waals surface area contributed by atoms with Crippen molar-refractivity contribution in [2.24, 2.45) is 0 Å². The molecule has 304 valence electrons. The number of rotatable bonds is 42. The first-order chi connectivity index (χ1) is 25.1. The summed E-state index contributed by atoms with van der Waals surface area (Å²) in [6.45, 7) is 4.18. The molecule has 0 saturated carbocycles. The number of hydrogen-bond acceptors (Lipinski definition) is 4. The van der Waals surface area contributed by atoms with Crippen molar-refractivity contribution in [1.82, 2.24) is 5.32 Å². The average Bonchev–Trinajstić information content (AvgIpc) is 3.13. The summed E-state index contributed by atoms with van der Waals surface area (Å²) in [5, 5.41) is 33.5. The summed E-state index contributed by atoms with van der Waals surface area (Å²) in [5.74, 6) is -0.150. The van der Waals surface area contributed by atoms with Crippen molar-refractivity contribution in [3.8, 4) is 0 Å². The standard InChI is InChI=1S/C46H91NO4/c1-3-5-7-9-11-13-15-17-19-20-21-22-23-24-25-27-29-31-33-35-37-39-41-45(50)47-43(42-48)46(51)44(49)40-38-36-34-32-30-28-26-18-16-14-12-10-8-6-4-2/h32,34,43-44,46,48-49,51H,3-31,33,35-42H2,1-2H3,(H,47,50)/b34-32+. The maximum absolute atomic E-state index is 12.4. The van der Waals surface area contributed by atoms with Gasteiger partial charge in [0.1, 0.15) is 6.10 Å². The number of amides is 1. The van der Waals surface area contributed by atoms with Crippen LogP contribution in [0.5, 0.6) is 0 Å². The van der Waals surface area contributed by atoms with Crippen LogP contribution in [0.25, 0.3) is 0 Å². The van der Waals surface area contributed by atoms with Gasteiger partial charge in [-0.05, 0) is 38.5 Å². The molecule has 4 N–H and O–H groups in total. The van der Waals surface area contributed by atoms with Gasteiger partial charge in [0.15, 0.2) is 0 Å². The summed E-state index contributed by atoms with van der Waals surface area (Å²) in [4.78, 5) is 12.4. The Morgan fingerprint density at radius 1 is 0.471 bits per heavy atom. The molecule has 0 rings (SSSR count). The van der Waals surface area contributed by atoms with Gasteiger partial charge >= 0.3 is 0 Å². The largest absolute Gasteiger partial charge is 0.394 e. The molecule has 3 unspecified atom stereocenters. The molecule has 0 spiro atoms. The molecule has 0 aromatic heterocycles. The molecule has 0 saturated heterocycles. The van der Waals surface area contributed by atoms with Gasteiger partial charge in [0, 0.05) is 6.42 Å². The second kappa shape index (κ2) is 41.8. The predicted molar refractivity (Wildman–Crippen MR) is 222 cm³/mol. The number of aliphatic hydroxyl groups is 3. The first kappa shape index (κ1) is 50.1. The Kier molecular flexibility index (Phi) is 41.1. The van der Waals surface area contributed by atoms with Crippen LogP contribution in [0.1, 0.15) is 251 Å². The summed E-state index contributed by atoms with van der Waals surface area (Å²) in [6.07, 6.45) is 49.0. The van der Waals surface area contributed by atoms with Crippen LogP contribution in [0.15, 0.2) is 12.2 Å². The zero-order chi connectivity index (χ0) is 37.3. The van der Waals surface area contributed by atoms with Gasteiger partial charge in [0.2, 0.25) is 5.91 Å². The minimum atomic E-state index is -1.15. The molecule has 0 aliphatic rings. The molecule has 0 aliphatic carbocycles. The molecule has 3 atom stereocenters. The van der Waals surface area contributed by atoms with E-state index in [9.17, 15) is 20.1 Å². The fraction of sp³-hybridized carbons (Fsp3) is 0.935. The molecule has 0 fully saturated rings.